The van der Waals surface area contributed by atoms with Gasteiger partial charge in [-0.3, -0.25) is 9.59 Å². The van der Waals surface area contributed by atoms with Crippen LogP contribution in [-0.2, 0) is 7.05 Å². The summed E-state index contributed by atoms with van der Waals surface area (Å²) >= 11 is 0. The fraction of sp³-hybridized carbons (Fsp3) is 0.111. The van der Waals surface area contributed by atoms with Crippen LogP contribution in [0.15, 0.2) is 59.4 Å². The summed E-state index contributed by atoms with van der Waals surface area (Å²) in [6, 6.07) is 16.3. The fourth-order valence-corrected chi connectivity index (χ4v) is 2.43. The van der Waals surface area contributed by atoms with Gasteiger partial charge in [-0.2, -0.15) is 0 Å². The SMILES string of the molecule is Cc1ccc(NC(=O)c2cc(=O)n(C)c3ccccc23)cc1. The van der Waals surface area contributed by atoms with Crippen molar-refractivity contribution in [1.29, 1.82) is 0 Å². The number of nitrogens with zero attached hydrogens (tertiary/aromatic N) is 1. The molecule has 0 atom stereocenters. The standard InChI is InChI=1S/C18H16N2O2/c1-12-7-9-13(10-8-12)19-18(22)15-11-17(21)20(2)16-6-4-3-5-14(15)16/h3-11H,1-2H3,(H,19,22). The predicted octanol–water partition coefficient (Wildman–Crippen LogP) is 3.10. The summed E-state index contributed by atoms with van der Waals surface area (Å²) in [4.78, 5) is 24.6. The molecule has 1 aromatic heterocycles. The minimum Gasteiger partial charge on any atom is -0.322 e. The molecule has 2 aromatic carbocycles. The van der Waals surface area contributed by atoms with Crippen molar-refractivity contribution in [2.45, 2.75) is 6.92 Å². The molecule has 1 amide bonds. The van der Waals surface area contributed by atoms with Crippen LogP contribution < -0.4 is 10.9 Å². The molecule has 4 heteroatoms. The lowest BCUT2D eigenvalue weighted by molar-refractivity contribution is 0.102. The average molecular weight is 292 g/mol. The molecule has 3 aromatic rings. The summed E-state index contributed by atoms with van der Waals surface area (Å²) in [5, 5.41) is 3.60. The van der Waals surface area contributed by atoms with Crippen LogP contribution in [-0.4, -0.2) is 10.5 Å². The topological polar surface area (TPSA) is 51.1 Å². The minimum atomic E-state index is -0.280. The molecule has 0 aliphatic rings. The first-order valence-corrected chi connectivity index (χ1v) is 7.03. The second kappa shape index (κ2) is 5.48. The van der Waals surface area contributed by atoms with Crippen LogP contribution >= 0.6 is 0 Å². The second-order valence-electron chi connectivity index (χ2n) is 5.29. The van der Waals surface area contributed by atoms with Crippen LogP contribution in [0, 0.1) is 6.92 Å². The lowest BCUT2D eigenvalue weighted by Gasteiger charge is -2.10. The summed E-state index contributed by atoms with van der Waals surface area (Å²) in [7, 11) is 1.70. The van der Waals surface area contributed by atoms with E-state index >= 15 is 0 Å². The van der Waals surface area contributed by atoms with Gasteiger partial charge in [-0.15, -0.1) is 0 Å². The first-order valence-electron chi connectivity index (χ1n) is 7.03. The largest absolute Gasteiger partial charge is 0.322 e. The van der Waals surface area contributed by atoms with Crippen molar-refractivity contribution in [3.8, 4) is 0 Å². The number of rotatable bonds is 2. The van der Waals surface area contributed by atoms with E-state index in [0.717, 1.165) is 16.5 Å². The smallest absolute Gasteiger partial charge is 0.256 e. The monoisotopic (exact) mass is 292 g/mol. The Morgan fingerprint density at radius 1 is 1.05 bits per heavy atom. The maximum atomic E-state index is 12.5. The Bertz CT molecular complexity index is 909. The molecular formula is C18H16N2O2. The van der Waals surface area contributed by atoms with Gasteiger partial charge in [0, 0.05) is 24.2 Å². The Labute approximate surface area is 128 Å². The molecule has 0 saturated carbocycles. The van der Waals surface area contributed by atoms with Gasteiger partial charge in [-0.1, -0.05) is 35.9 Å². The van der Waals surface area contributed by atoms with Crippen LogP contribution in [0.3, 0.4) is 0 Å². The number of carbonyl (C=O) groups excluding carboxylic acids is 1. The van der Waals surface area contributed by atoms with Crippen molar-refractivity contribution in [2.75, 3.05) is 5.32 Å². The predicted molar refractivity (Wildman–Crippen MR) is 88.3 cm³/mol. The van der Waals surface area contributed by atoms with Gasteiger partial charge in [-0.25, -0.2) is 0 Å². The molecule has 3 rings (SSSR count). The highest BCUT2D eigenvalue weighted by atomic mass is 16.2. The number of para-hydroxylation sites is 1. The fourth-order valence-electron chi connectivity index (χ4n) is 2.43. The van der Waals surface area contributed by atoms with Gasteiger partial charge in [0.15, 0.2) is 0 Å². The zero-order chi connectivity index (χ0) is 15.7. The van der Waals surface area contributed by atoms with Gasteiger partial charge in [0.2, 0.25) is 0 Å². The highest BCUT2D eigenvalue weighted by Gasteiger charge is 2.13. The molecular weight excluding hydrogens is 276 g/mol. The summed E-state index contributed by atoms with van der Waals surface area (Å²) < 4.78 is 1.54. The van der Waals surface area contributed by atoms with E-state index in [1.807, 2.05) is 55.5 Å². The lowest BCUT2D eigenvalue weighted by Crippen LogP contribution is -2.21. The van der Waals surface area contributed by atoms with Crippen LogP contribution in [0.4, 0.5) is 5.69 Å². The van der Waals surface area contributed by atoms with Crippen LogP contribution in [0.2, 0.25) is 0 Å². The van der Waals surface area contributed by atoms with E-state index in [-0.39, 0.29) is 11.5 Å². The molecule has 22 heavy (non-hydrogen) atoms. The average Bonchev–Trinajstić information content (AvgIpc) is 2.53. The third-order valence-corrected chi connectivity index (χ3v) is 3.71. The van der Waals surface area contributed by atoms with Gasteiger partial charge in [0.25, 0.3) is 11.5 Å². The normalized spacial score (nSPS) is 10.6. The number of aromatic nitrogens is 1. The van der Waals surface area contributed by atoms with Crippen molar-refractivity contribution in [2.24, 2.45) is 7.05 Å². The first kappa shape index (κ1) is 14.1. The molecule has 1 heterocycles. The number of hydrogen-bond donors (Lipinski definition) is 1. The third kappa shape index (κ3) is 2.51. The van der Waals surface area contributed by atoms with E-state index in [9.17, 15) is 9.59 Å². The summed E-state index contributed by atoms with van der Waals surface area (Å²) in [5.74, 6) is -0.280. The third-order valence-electron chi connectivity index (χ3n) is 3.71. The maximum absolute atomic E-state index is 12.5. The molecule has 1 N–H and O–H groups in total. The molecule has 0 aliphatic heterocycles. The van der Waals surface area contributed by atoms with Crippen LogP contribution in [0.1, 0.15) is 15.9 Å². The number of aryl methyl sites for hydroxylation is 2. The summed E-state index contributed by atoms with van der Waals surface area (Å²) in [6.45, 7) is 1.99. The van der Waals surface area contributed by atoms with E-state index in [1.165, 1.54) is 10.6 Å². The number of hydrogen-bond acceptors (Lipinski definition) is 2. The van der Waals surface area contributed by atoms with Gasteiger partial charge in [-0.05, 0) is 25.1 Å². The summed E-state index contributed by atoms with van der Waals surface area (Å²) in [5.41, 5.74) is 2.76. The molecule has 0 spiro atoms. The molecule has 0 unspecified atom stereocenters. The maximum Gasteiger partial charge on any atom is 0.256 e. The van der Waals surface area contributed by atoms with E-state index < -0.39 is 0 Å². The van der Waals surface area contributed by atoms with Crippen LogP contribution in [0.5, 0.6) is 0 Å². The van der Waals surface area contributed by atoms with E-state index in [2.05, 4.69) is 5.32 Å². The van der Waals surface area contributed by atoms with E-state index in [4.69, 9.17) is 0 Å². The molecule has 0 bridgehead atoms. The van der Waals surface area contributed by atoms with Gasteiger partial charge < -0.3 is 9.88 Å². The highest BCUT2D eigenvalue weighted by molar-refractivity contribution is 6.12. The number of anilines is 1. The van der Waals surface area contributed by atoms with Crippen molar-refractivity contribution in [3.63, 3.8) is 0 Å². The Morgan fingerprint density at radius 2 is 1.73 bits per heavy atom. The number of pyridine rings is 1. The van der Waals surface area contributed by atoms with Crippen LogP contribution in [0.25, 0.3) is 10.9 Å². The number of carbonyl (C=O) groups is 1. The molecule has 0 fully saturated rings. The molecule has 0 radical (unpaired) electrons. The summed E-state index contributed by atoms with van der Waals surface area (Å²) in [6.07, 6.45) is 0. The van der Waals surface area contributed by atoms with Gasteiger partial charge >= 0.3 is 0 Å². The molecule has 0 saturated heterocycles. The number of benzene rings is 2. The second-order valence-corrected chi connectivity index (χ2v) is 5.29. The van der Waals surface area contributed by atoms with E-state index in [0.29, 0.717) is 11.3 Å². The van der Waals surface area contributed by atoms with Crippen molar-refractivity contribution in [1.82, 2.24) is 4.57 Å². The van der Waals surface area contributed by atoms with Gasteiger partial charge in [0.1, 0.15) is 0 Å². The zero-order valence-corrected chi connectivity index (χ0v) is 12.5. The number of nitrogens with one attached hydrogen (secondary N) is 1. The Balaban J connectivity index is 2.06. The zero-order valence-electron chi connectivity index (χ0n) is 12.5. The van der Waals surface area contributed by atoms with Crippen molar-refractivity contribution in [3.05, 3.63) is 76.1 Å². The number of fused-ring (bicyclic) bond motifs is 1. The molecule has 0 aliphatic carbocycles. The quantitative estimate of drug-likeness (QED) is 0.789. The highest BCUT2D eigenvalue weighted by Crippen LogP contribution is 2.18. The Morgan fingerprint density at radius 3 is 2.45 bits per heavy atom. The van der Waals surface area contributed by atoms with Gasteiger partial charge in [0.05, 0.1) is 11.1 Å². The van der Waals surface area contributed by atoms with Crippen molar-refractivity contribution >= 4 is 22.5 Å². The molecule has 4 nitrogen and oxygen atoms in total. The Kier molecular flexibility index (Phi) is 3.51. The Hall–Kier alpha value is -2.88. The molecule has 110 valence electrons. The van der Waals surface area contributed by atoms with E-state index in [1.54, 1.807) is 7.05 Å². The first-order chi connectivity index (χ1) is 10.6. The van der Waals surface area contributed by atoms with Crippen molar-refractivity contribution < 1.29 is 4.79 Å². The lowest BCUT2D eigenvalue weighted by atomic mass is 10.1. The number of amides is 1. The minimum absolute atomic E-state index is 0.201.